The highest BCUT2D eigenvalue weighted by Crippen LogP contribution is 2.17. The highest BCUT2D eigenvalue weighted by Gasteiger charge is 2.08. The van der Waals surface area contributed by atoms with E-state index in [0.717, 1.165) is 23.3 Å². The van der Waals surface area contributed by atoms with Gasteiger partial charge in [-0.25, -0.2) is 0 Å². The Kier molecular flexibility index (Phi) is 7.54. The predicted octanol–water partition coefficient (Wildman–Crippen LogP) is 3.33. The molecule has 2 aromatic carbocycles. The van der Waals surface area contributed by atoms with Gasteiger partial charge in [0.15, 0.2) is 0 Å². The van der Waals surface area contributed by atoms with E-state index < -0.39 is 0 Å². The Balaban J connectivity index is 1.62. The summed E-state index contributed by atoms with van der Waals surface area (Å²) in [5.74, 6) is 0.559. The number of nitrogens with one attached hydrogen (secondary N) is 2. The smallest absolute Gasteiger partial charge is 0.251 e. The standard InChI is InChI=1S/C20H24N2O2S/c1-15-11-16(2)13-17(12-15)20(24)22-14-19(23)21-9-6-10-25-18-7-4-3-5-8-18/h3-5,7-8,11-13H,6,9-10,14H2,1-2H3,(H,21,23)(H,22,24). The fraction of sp³-hybridized carbons (Fsp3) is 0.300. The van der Waals surface area contributed by atoms with Gasteiger partial charge in [0.2, 0.25) is 5.91 Å². The molecule has 0 aliphatic rings. The summed E-state index contributed by atoms with van der Waals surface area (Å²) in [5.41, 5.74) is 2.65. The monoisotopic (exact) mass is 356 g/mol. The molecule has 2 rings (SSSR count). The quantitative estimate of drug-likeness (QED) is 0.563. The van der Waals surface area contributed by atoms with E-state index in [0.29, 0.717) is 12.1 Å². The van der Waals surface area contributed by atoms with Gasteiger partial charge in [-0.15, -0.1) is 11.8 Å². The van der Waals surface area contributed by atoms with E-state index in [2.05, 4.69) is 22.8 Å². The van der Waals surface area contributed by atoms with Gasteiger partial charge < -0.3 is 10.6 Å². The molecule has 4 nitrogen and oxygen atoms in total. The van der Waals surface area contributed by atoms with Crippen LogP contribution in [-0.2, 0) is 4.79 Å². The second-order valence-corrected chi connectivity index (χ2v) is 7.09. The van der Waals surface area contributed by atoms with Gasteiger partial charge in [0.1, 0.15) is 0 Å². The minimum Gasteiger partial charge on any atom is -0.355 e. The number of benzene rings is 2. The van der Waals surface area contributed by atoms with Gasteiger partial charge in [-0.2, -0.15) is 0 Å². The van der Waals surface area contributed by atoms with E-state index in [9.17, 15) is 9.59 Å². The van der Waals surface area contributed by atoms with Gasteiger partial charge in [0, 0.05) is 17.0 Å². The van der Waals surface area contributed by atoms with Crippen LogP contribution < -0.4 is 10.6 Å². The molecule has 0 atom stereocenters. The van der Waals surface area contributed by atoms with Gasteiger partial charge in [0.05, 0.1) is 6.54 Å². The normalized spacial score (nSPS) is 10.3. The number of rotatable bonds is 8. The minimum absolute atomic E-state index is 0.00233. The van der Waals surface area contributed by atoms with Crippen LogP contribution >= 0.6 is 11.8 Å². The number of hydrogen-bond acceptors (Lipinski definition) is 3. The molecule has 2 aromatic rings. The van der Waals surface area contributed by atoms with Crippen molar-refractivity contribution in [2.45, 2.75) is 25.2 Å². The summed E-state index contributed by atoms with van der Waals surface area (Å²) in [7, 11) is 0. The SMILES string of the molecule is Cc1cc(C)cc(C(=O)NCC(=O)NCCCSc2ccccc2)c1. The molecule has 2 N–H and O–H groups in total. The number of aryl methyl sites for hydroxylation is 2. The third-order valence-electron chi connectivity index (χ3n) is 3.55. The molecule has 0 saturated heterocycles. The molecule has 0 aliphatic carbocycles. The van der Waals surface area contributed by atoms with Crippen LogP contribution in [0.1, 0.15) is 27.9 Å². The highest BCUT2D eigenvalue weighted by molar-refractivity contribution is 7.99. The molecular weight excluding hydrogens is 332 g/mol. The first-order valence-corrected chi connectivity index (χ1v) is 9.34. The lowest BCUT2D eigenvalue weighted by atomic mass is 10.1. The average molecular weight is 356 g/mol. The number of carbonyl (C=O) groups is 2. The molecule has 5 heteroatoms. The summed E-state index contributed by atoms with van der Waals surface area (Å²) in [6.07, 6.45) is 0.885. The molecule has 0 fully saturated rings. The van der Waals surface area contributed by atoms with E-state index >= 15 is 0 Å². The topological polar surface area (TPSA) is 58.2 Å². The van der Waals surface area contributed by atoms with Crippen LogP contribution in [0, 0.1) is 13.8 Å². The highest BCUT2D eigenvalue weighted by atomic mass is 32.2. The fourth-order valence-corrected chi connectivity index (χ4v) is 3.31. The van der Waals surface area contributed by atoms with Gasteiger partial charge in [-0.3, -0.25) is 9.59 Å². The van der Waals surface area contributed by atoms with Crippen LogP contribution in [0.5, 0.6) is 0 Å². The zero-order valence-electron chi connectivity index (χ0n) is 14.7. The molecular formula is C20H24N2O2S. The zero-order valence-corrected chi connectivity index (χ0v) is 15.5. The minimum atomic E-state index is -0.221. The molecule has 25 heavy (non-hydrogen) atoms. The Morgan fingerprint density at radius 3 is 2.32 bits per heavy atom. The Morgan fingerprint density at radius 1 is 0.960 bits per heavy atom. The maximum atomic E-state index is 12.1. The maximum absolute atomic E-state index is 12.1. The Bertz CT molecular complexity index is 697. The first kappa shape index (κ1) is 19.1. The number of hydrogen-bond donors (Lipinski definition) is 2. The number of thioether (sulfide) groups is 1. The summed E-state index contributed by atoms with van der Waals surface area (Å²) in [4.78, 5) is 25.1. The summed E-state index contributed by atoms with van der Waals surface area (Å²) in [6.45, 7) is 4.50. The van der Waals surface area contributed by atoms with Crippen molar-refractivity contribution in [2.75, 3.05) is 18.8 Å². The van der Waals surface area contributed by atoms with Crippen molar-refractivity contribution in [3.8, 4) is 0 Å². The molecule has 2 amide bonds. The zero-order chi connectivity index (χ0) is 18.1. The molecule has 132 valence electrons. The van der Waals surface area contributed by atoms with Crippen LogP contribution in [0.2, 0.25) is 0 Å². The van der Waals surface area contributed by atoms with Crippen molar-refractivity contribution in [3.05, 3.63) is 65.2 Å². The summed E-state index contributed by atoms with van der Waals surface area (Å²) >= 11 is 1.77. The van der Waals surface area contributed by atoms with Crippen molar-refractivity contribution in [3.63, 3.8) is 0 Å². The molecule has 0 bridgehead atoms. The lowest BCUT2D eigenvalue weighted by Crippen LogP contribution is -2.37. The van der Waals surface area contributed by atoms with Crippen LogP contribution in [-0.4, -0.2) is 30.7 Å². The lowest BCUT2D eigenvalue weighted by molar-refractivity contribution is -0.120. The largest absolute Gasteiger partial charge is 0.355 e. The van der Waals surface area contributed by atoms with Crippen molar-refractivity contribution >= 4 is 23.6 Å². The van der Waals surface area contributed by atoms with Crippen LogP contribution in [0.15, 0.2) is 53.4 Å². The Labute approximate surface area is 153 Å². The lowest BCUT2D eigenvalue weighted by Gasteiger charge is -2.08. The second-order valence-electron chi connectivity index (χ2n) is 5.92. The molecule has 0 unspecified atom stereocenters. The fourth-order valence-electron chi connectivity index (χ4n) is 2.44. The van der Waals surface area contributed by atoms with Crippen LogP contribution in [0.3, 0.4) is 0 Å². The second kappa shape index (κ2) is 9.89. The van der Waals surface area contributed by atoms with Gasteiger partial charge in [-0.1, -0.05) is 35.4 Å². The summed E-state index contributed by atoms with van der Waals surface area (Å²) in [5, 5.41) is 5.50. The molecule has 0 heterocycles. The Morgan fingerprint density at radius 2 is 1.64 bits per heavy atom. The van der Waals surface area contributed by atoms with Crippen molar-refractivity contribution < 1.29 is 9.59 Å². The van der Waals surface area contributed by atoms with Crippen molar-refractivity contribution in [1.29, 1.82) is 0 Å². The first-order valence-electron chi connectivity index (χ1n) is 8.35. The van der Waals surface area contributed by atoms with Gasteiger partial charge in [0.25, 0.3) is 5.91 Å². The molecule has 0 saturated carbocycles. The van der Waals surface area contributed by atoms with Crippen LogP contribution in [0.4, 0.5) is 0 Å². The Hall–Kier alpha value is -2.27. The molecule has 0 aromatic heterocycles. The average Bonchev–Trinajstić information content (AvgIpc) is 2.59. The van der Waals surface area contributed by atoms with E-state index in [1.807, 2.05) is 50.2 Å². The molecule has 0 spiro atoms. The van der Waals surface area contributed by atoms with Crippen molar-refractivity contribution in [1.82, 2.24) is 10.6 Å². The van der Waals surface area contributed by atoms with E-state index in [-0.39, 0.29) is 18.4 Å². The third kappa shape index (κ3) is 7.01. The van der Waals surface area contributed by atoms with Crippen molar-refractivity contribution in [2.24, 2.45) is 0 Å². The van der Waals surface area contributed by atoms with E-state index in [1.54, 1.807) is 11.8 Å². The maximum Gasteiger partial charge on any atom is 0.251 e. The third-order valence-corrected chi connectivity index (χ3v) is 4.65. The van der Waals surface area contributed by atoms with Gasteiger partial charge >= 0.3 is 0 Å². The van der Waals surface area contributed by atoms with E-state index in [1.165, 1.54) is 4.90 Å². The molecule has 0 aliphatic heterocycles. The predicted molar refractivity (Wildman–Crippen MR) is 103 cm³/mol. The summed E-state index contributed by atoms with van der Waals surface area (Å²) in [6, 6.07) is 15.8. The number of amides is 2. The summed E-state index contributed by atoms with van der Waals surface area (Å²) < 4.78 is 0. The van der Waals surface area contributed by atoms with Crippen LogP contribution in [0.25, 0.3) is 0 Å². The van der Waals surface area contributed by atoms with Gasteiger partial charge in [-0.05, 0) is 50.3 Å². The van der Waals surface area contributed by atoms with E-state index in [4.69, 9.17) is 0 Å². The molecule has 0 radical (unpaired) electrons. The first-order chi connectivity index (χ1) is 12.0. The number of carbonyl (C=O) groups excluding carboxylic acids is 2.